The fourth-order valence-electron chi connectivity index (χ4n) is 5.11. The van der Waals surface area contributed by atoms with Crippen molar-refractivity contribution in [2.45, 2.75) is 22.7 Å². The molecular formula is C21H22N4O6S. The number of hydrogen-bond donors (Lipinski definition) is 4. The first kappa shape index (κ1) is 20.9. The van der Waals surface area contributed by atoms with E-state index < -0.39 is 23.5 Å². The van der Waals surface area contributed by atoms with Crippen molar-refractivity contribution >= 4 is 29.4 Å². The van der Waals surface area contributed by atoms with Crippen molar-refractivity contribution in [2.24, 2.45) is 17.4 Å². The second-order valence-corrected chi connectivity index (χ2v) is 9.09. The molecule has 11 heteroatoms. The maximum Gasteiger partial charge on any atom is 0.404 e. The fraction of sp³-hybridized carbons (Fsp3) is 0.381. The van der Waals surface area contributed by atoms with Gasteiger partial charge in [0.2, 0.25) is 11.6 Å². The number of aromatic hydroxyl groups is 1. The highest BCUT2D eigenvalue weighted by atomic mass is 32.2. The quantitative estimate of drug-likeness (QED) is 0.255. The van der Waals surface area contributed by atoms with Crippen molar-refractivity contribution in [3.63, 3.8) is 0 Å². The smallest absolute Gasteiger partial charge is 0.404 e. The summed E-state index contributed by atoms with van der Waals surface area (Å²) in [5, 5.41) is 13.3. The lowest BCUT2D eigenvalue weighted by Crippen LogP contribution is -2.55. The lowest BCUT2D eigenvalue weighted by atomic mass is 9.82. The number of nitrogens with zero attached hydrogens (tertiary/aromatic N) is 1. The number of carbonyl (C=O) groups is 3. The van der Waals surface area contributed by atoms with E-state index in [1.165, 1.54) is 18.9 Å². The van der Waals surface area contributed by atoms with Gasteiger partial charge in [-0.05, 0) is 12.1 Å². The van der Waals surface area contributed by atoms with Gasteiger partial charge in [-0.2, -0.15) is 0 Å². The van der Waals surface area contributed by atoms with Gasteiger partial charge in [0.1, 0.15) is 12.4 Å². The number of piperazine rings is 1. The number of para-hydroxylation sites is 1. The van der Waals surface area contributed by atoms with Gasteiger partial charge in [0.15, 0.2) is 5.72 Å². The first-order chi connectivity index (χ1) is 15.3. The Bertz CT molecular complexity index is 1120. The van der Waals surface area contributed by atoms with E-state index in [1.807, 2.05) is 0 Å². The summed E-state index contributed by atoms with van der Waals surface area (Å²) in [4.78, 5) is 40.7. The monoisotopic (exact) mass is 458 g/mol. The molecule has 168 valence electrons. The van der Waals surface area contributed by atoms with Crippen LogP contribution in [-0.2, 0) is 19.1 Å². The van der Waals surface area contributed by atoms with Crippen LogP contribution < -0.4 is 16.8 Å². The van der Waals surface area contributed by atoms with Crippen molar-refractivity contribution in [1.29, 1.82) is 0 Å². The Balaban J connectivity index is 1.51. The highest BCUT2D eigenvalue weighted by Crippen LogP contribution is 2.55. The lowest BCUT2D eigenvalue weighted by Gasteiger charge is -2.39. The van der Waals surface area contributed by atoms with Gasteiger partial charge in [-0.15, -0.1) is 11.8 Å². The number of hydrogen-bond acceptors (Lipinski definition) is 10. The van der Waals surface area contributed by atoms with Gasteiger partial charge in [0, 0.05) is 41.5 Å². The molecular weight excluding hydrogens is 436 g/mol. The highest BCUT2D eigenvalue weighted by molar-refractivity contribution is 7.99. The van der Waals surface area contributed by atoms with E-state index in [9.17, 15) is 19.5 Å². The van der Waals surface area contributed by atoms with E-state index in [0.717, 1.165) is 0 Å². The van der Waals surface area contributed by atoms with Crippen LogP contribution in [0.5, 0.6) is 5.75 Å². The van der Waals surface area contributed by atoms with Crippen molar-refractivity contribution in [3.05, 3.63) is 46.8 Å². The van der Waals surface area contributed by atoms with E-state index in [4.69, 9.17) is 20.9 Å². The van der Waals surface area contributed by atoms with E-state index in [2.05, 4.69) is 5.32 Å². The maximum absolute atomic E-state index is 13.6. The molecule has 1 aromatic rings. The molecule has 1 aliphatic carbocycles. The highest BCUT2D eigenvalue weighted by Gasteiger charge is 2.72. The number of phenols is 1. The van der Waals surface area contributed by atoms with Crippen LogP contribution in [0.2, 0.25) is 0 Å². The van der Waals surface area contributed by atoms with Crippen LogP contribution in [0.4, 0.5) is 4.79 Å². The summed E-state index contributed by atoms with van der Waals surface area (Å²) in [6.45, 7) is 0.265. The molecule has 3 heterocycles. The third kappa shape index (κ3) is 2.78. The molecule has 0 radical (unpaired) electrons. The topological polar surface area (TPSA) is 167 Å². The molecule has 5 rings (SSSR count). The Morgan fingerprint density at radius 2 is 2.09 bits per heavy atom. The molecule has 4 atom stereocenters. The van der Waals surface area contributed by atoms with Crippen LogP contribution in [0.15, 0.2) is 51.7 Å². The normalized spacial score (nSPS) is 30.4. The third-order valence-electron chi connectivity index (χ3n) is 6.57. The zero-order chi connectivity index (χ0) is 22.8. The summed E-state index contributed by atoms with van der Waals surface area (Å²) < 4.78 is 11.0. The maximum atomic E-state index is 13.6. The van der Waals surface area contributed by atoms with Gasteiger partial charge >= 0.3 is 6.09 Å². The Kier molecular flexibility index (Phi) is 4.73. The number of carbonyl (C=O) groups excluding carboxylic acids is 3. The molecule has 0 spiro atoms. The summed E-state index contributed by atoms with van der Waals surface area (Å²) in [5.74, 6) is -1.35. The van der Waals surface area contributed by atoms with E-state index in [-0.39, 0.29) is 58.5 Å². The Hall–Kier alpha value is -3.02. The van der Waals surface area contributed by atoms with E-state index in [0.29, 0.717) is 11.4 Å². The predicted octanol–water partition coefficient (Wildman–Crippen LogP) is -0.173. The Morgan fingerprint density at radius 1 is 1.34 bits per heavy atom. The Morgan fingerprint density at radius 3 is 2.78 bits per heavy atom. The molecule has 3 aliphatic heterocycles. The SMILES string of the molecule is CO[C@@]12[C@H](COC(N)=O)C3=C(C(=O)C(CSc4ccccc4O)=C(N)C3=O)N1C[C@@H]1N[C@@H]12. The van der Waals surface area contributed by atoms with Gasteiger partial charge in [0.05, 0.1) is 23.4 Å². The van der Waals surface area contributed by atoms with Crippen LogP contribution in [0.25, 0.3) is 0 Å². The number of phenolic OH excluding ortho intramolecular Hbond substituents is 1. The molecule has 0 unspecified atom stereocenters. The van der Waals surface area contributed by atoms with Crippen LogP contribution in [0.1, 0.15) is 0 Å². The van der Waals surface area contributed by atoms with Crippen LogP contribution in [0, 0.1) is 5.92 Å². The summed E-state index contributed by atoms with van der Waals surface area (Å²) in [6.07, 6.45) is -0.979. The predicted molar refractivity (Wildman–Crippen MR) is 113 cm³/mol. The molecule has 10 nitrogen and oxygen atoms in total. The van der Waals surface area contributed by atoms with Crippen LogP contribution >= 0.6 is 11.8 Å². The summed E-state index contributed by atoms with van der Waals surface area (Å²) in [5.41, 5.74) is 10.8. The van der Waals surface area contributed by atoms with Gasteiger partial charge in [-0.25, -0.2) is 4.79 Å². The number of thioether (sulfide) groups is 1. The van der Waals surface area contributed by atoms with Crippen molar-refractivity contribution in [3.8, 4) is 5.75 Å². The fourth-order valence-corrected chi connectivity index (χ4v) is 6.09. The summed E-state index contributed by atoms with van der Waals surface area (Å²) in [6, 6.07) is 6.71. The zero-order valence-electron chi connectivity index (χ0n) is 17.2. The summed E-state index contributed by atoms with van der Waals surface area (Å²) in [7, 11) is 1.51. The minimum absolute atomic E-state index is 0.0831. The molecule has 1 aromatic carbocycles. The standard InChI is InChI=1S/C21H22N4O6S/c1-30-21-10(7-31-20(23)29)14-16(25(21)6-11-19(21)24-11)17(27)9(15(22)18(14)28)8-32-13-5-3-2-4-12(13)26/h2-5,10-11,19,24,26H,6-8,22H2,1H3,(H2,23,29)/t10-,11+,19+,21-/m1/s1. The van der Waals surface area contributed by atoms with Gasteiger partial charge in [0.25, 0.3) is 0 Å². The first-order valence-corrected chi connectivity index (χ1v) is 11.0. The molecule has 1 amide bonds. The van der Waals surface area contributed by atoms with Crippen molar-refractivity contribution < 1.29 is 29.0 Å². The number of fused-ring (bicyclic) bond motifs is 4. The minimum Gasteiger partial charge on any atom is -0.507 e. The van der Waals surface area contributed by atoms with Crippen LogP contribution in [-0.4, -0.2) is 71.5 Å². The van der Waals surface area contributed by atoms with Gasteiger partial charge in [-0.1, -0.05) is 12.1 Å². The lowest BCUT2D eigenvalue weighted by molar-refractivity contribution is -0.137. The third-order valence-corrected chi connectivity index (χ3v) is 7.66. The molecule has 32 heavy (non-hydrogen) atoms. The number of methoxy groups -OCH3 is 1. The largest absolute Gasteiger partial charge is 0.507 e. The minimum atomic E-state index is -1.04. The number of nitrogens with one attached hydrogen (secondary N) is 1. The van der Waals surface area contributed by atoms with Gasteiger partial charge < -0.3 is 36.3 Å². The summed E-state index contributed by atoms with van der Waals surface area (Å²) >= 11 is 1.22. The number of rotatable bonds is 6. The molecule has 2 fully saturated rings. The van der Waals surface area contributed by atoms with Crippen LogP contribution in [0.3, 0.4) is 0 Å². The molecule has 6 N–H and O–H groups in total. The zero-order valence-corrected chi connectivity index (χ0v) is 18.0. The van der Waals surface area contributed by atoms with E-state index >= 15 is 0 Å². The molecule has 0 saturated carbocycles. The number of amides is 1. The first-order valence-electron chi connectivity index (χ1n) is 10.0. The van der Waals surface area contributed by atoms with Gasteiger partial charge in [-0.3, -0.25) is 9.59 Å². The van der Waals surface area contributed by atoms with Crippen molar-refractivity contribution in [1.82, 2.24) is 10.2 Å². The molecule has 0 bridgehead atoms. The average molecular weight is 458 g/mol. The molecule has 0 aromatic heterocycles. The number of nitrogens with two attached hydrogens (primary N) is 2. The van der Waals surface area contributed by atoms with Crippen molar-refractivity contribution in [2.75, 3.05) is 26.0 Å². The number of ether oxygens (including phenoxy) is 2. The number of allylic oxidation sites excluding steroid dienone is 2. The number of primary amides is 1. The average Bonchev–Trinajstić information content (AvgIpc) is 3.38. The second kappa shape index (κ2) is 7.26. The number of benzene rings is 1. The number of Topliss-reactive ketones (excluding diaryl/α,β-unsaturated/α-hetero) is 2. The van der Waals surface area contributed by atoms with E-state index in [1.54, 1.807) is 29.2 Å². The molecule has 4 aliphatic rings. The Labute approximate surface area is 187 Å². The second-order valence-electron chi connectivity index (χ2n) is 8.07. The molecule has 2 saturated heterocycles. The number of ketones is 2.